The molecule has 6 heteroatoms. The molecule has 0 heterocycles. The summed E-state index contributed by atoms with van der Waals surface area (Å²) in [5.41, 5.74) is 0.771. The molecule has 0 amide bonds. The second-order valence-corrected chi connectivity index (χ2v) is 5.14. The van der Waals surface area contributed by atoms with E-state index in [9.17, 15) is 15.2 Å². The van der Waals surface area contributed by atoms with Gasteiger partial charge in [0, 0.05) is 24.9 Å². The Morgan fingerprint density at radius 1 is 1.40 bits per heavy atom. The molecule has 1 N–H and O–H groups in total. The molecule has 0 radical (unpaired) electrons. The Kier molecular flexibility index (Phi) is 4.44. The highest BCUT2D eigenvalue weighted by Crippen LogP contribution is 2.33. The molecule has 1 saturated carbocycles. The molecule has 1 aromatic rings. The Balaban J connectivity index is 2.25. The van der Waals surface area contributed by atoms with Crippen LogP contribution in [0, 0.1) is 10.1 Å². The third-order valence-electron chi connectivity index (χ3n) is 3.96. The van der Waals surface area contributed by atoms with Crippen LogP contribution in [0.5, 0.6) is 5.75 Å². The zero-order valence-electron chi connectivity index (χ0n) is 11.8. The second kappa shape index (κ2) is 6.09. The van der Waals surface area contributed by atoms with Crippen LogP contribution in [0.25, 0.3) is 0 Å². The van der Waals surface area contributed by atoms with Gasteiger partial charge < -0.3 is 14.7 Å². The van der Waals surface area contributed by atoms with Crippen LogP contribution in [0.2, 0.25) is 0 Å². The molecule has 1 aromatic carbocycles. The van der Waals surface area contributed by atoms with E-state index in [0.717, 1.165) is 31.4 Å². The van der Waals surface area contributed by atoms with E-state index >= 15 is 0 Å². The van der Waals surface area contributed by atoms with Gasteiger partial charge in [-0.15, -0.1) is 0 Å². The van der Waals surface area contributed by atoms with Crippen LogP contribution < -0.4 is 9.64 Å². The second-order valence-electron chi connectivity index (χ2n) is 5.14. The molecule has 0 spiro atoms. The summed E-state index contributed by atoms with van der Waals surface area (Å²) in [5.74, 6) is 0.240. The number of hydrogen-bond acceptors (Lipinski definition) is 5. The highest BCUT2D eigenvalue weighted by molar-refractivity contribution is 5.59. The van der Waals surface area contributed by atoms with Crippen LogP contribution >= 0.6 is 0 Å². The average molecular weight is 280 g/mol. The van der Waals surface area contributed by atoms with Crippen molar-refractivity contribution in [3.8, 4) is 5.75 Å². The van der Waals surface area contributed by atoms with Crippen molar-refractivity contribution in [2.75, 3.05) is 19.1 Å². The van der Waals surface area contributed by atoms with Gasteiger partial charge in [-0.25, -0.2) is 0 Å². The third-order valence-corrected chi connectivity index (χ3v) is 3.96. The molecule has 20 heavy (non-hydrogen) atoms. The summed E-state index contributed by atoms with van der Waals surface area (Å²) in [4.78, 5) is 12.4. The number of nitro groups is 1. The number of aliphatic hydroxyl groups excluding tert-OH is 1. The first kappa shape index (κ1) is 14.6. The van der Waals surface area contributed by atoms with Crippen LogP contribution in [0.3, 0.4) is 0 Å². The number of nitrogens with zero attached hydrogens (tertiary/aromatic N) is 2. The zero-order valence-corrected chi connectivity index (χ0v) is 11.8. The van der Waals surface area contributed by atoms with Crippen LogP contribution in [0.15, 0.2) is 18.2 Å². The maximum Gasteiger partial charge on any atom is 0.311 e. The molecule has 2 unspecified atom stereocenters. The Bertz CT molecular complexity index is 492. The summed E-state index contributed by atoms with van der Waals surface area (Å²) in [5, 5.41) is 21.0. The van der Waals surface area contributed by atoms with Crippen molar-refractivity contribution in [1.82, 2.24) is 0 Å². The molecule has 1 fully saturated rings. The van der Waals surface area contributed by atoms with E-state index in [1.165, 1.54) is 13.2 Å². The molecule has 0 aliphatic heterocycles. The van der Waals surface area contributed by atoms with E-state index in [0.29, 0.717) is 0 Å². The Morgan fingerprint density at radius 2 is 2.10 bits per heavy atom. The lowest BCUT2D eigenvalue weighted by molar-refractivity contribution is -0.385. The van der Waals surface area contributed by atoms with Gasteiger partial charge in [0.25, 0.3) is 0 Å². The van der Waals surface area contributed by atoms with E-state index in [-0.39, 0.29) is 23.6 Å². The Hall–Kier alpha value is -1.82. The van der Waals surface area contributed by atoms with Crippen LogP contribution in [0.1, 0.15) is 25.7 Å². The number of anilines is 1. The lowest BCUT2D eigenvalue weighted by Gasteiger charge is -2.36. The average Bonchev–Trinajstić information content (AvgIpc) is 2.46. The fourth-order valence-electron chi connectivity index (χ4n) is 2.77. The summed E-state index contributed by atoms with van der Waals surface area (Å²) in [7, 11) is 3.32. The van der Waals surface area contributed by atoms with Crippen molar-refractivity contribution in [2.24, 2.45) is 0 Å². The molecule has 2 atom stereocenters. The van der Waals surface area contributed by atoms with Crippen molar-refractivity contribution in [1.29, 1.82) is 0 Å². The summed E-state index contributed by atoms with van der Waals surface area (Å²) in [6, 6.07) is 4.84. The first-order chi connectivity index (χ1) is 9.54. The van der Waals surface area contributed by atoms with Gasteiger partial charge in [0.1, 0.15) is 0 Å². The molecule has 0 aromatic heterocycles. The van der Waals surface area contributed by atoms with Crippen molar-refractivity contribution in [3.63, 3.8) is 0 Å². The molecule has 1 aliphatic rings. The molecule has 6 nitrogen and oxygen atoms in total. The maximum absolute atomic E-state index is 10.9. The first-order valence-electron chi connectivity index (χ1n) is 6.78. The van der Waals surface area contributed by atoms with Gasteiger partial charge in [0.05, 0.1) is 24.2 Å². The summed E-state index contributed by atoms with van der Waals surface area (Å²) >= 11 is 0. The number of nitro benzene ring substituents is 1. The minimum atomic E-state index is -0.460. The summed E-state index contributed by atoms with van der Waals surface area (Å²) in [6.07, 6.45) is 3.52. The fourth-order valence-corrected chi connectivity index (χ4v) is 2.77. The van der Waals surface area contributed by atoms with Gasteiger partial charge in [-0.05, 0) is 18.9 Å². The number of benzene rings is 1. The van der Waals surface area contributed by atoms with E-state index < -0.39 is 4.92 Å². The standard InChI is InChI=1S/C14H20N2O4/c1-15(11-5-3-4-6-13(11)17)10-7-8-12(16(18)19)14(9-10)20-2/h7-9,11,13,17H,3-6H2,1-2H3. The maximum atomic E-state index is 10.9. The van der Waals surface area contributed by atoms with Crippen LogP contribution in [-0.2, 0) is 0 Å². The highest BCUT2D eigenvalue weighted by atomic mass is 16.6. The summed E-state index contributed by atoms with van der Waals surface area (Å²) < 4.78 is 5.08. The SMILES string of the molecule is COc1cc(N(C)C2CCCCC2O)ccc1[N+](=O)[O-]. The van der Waals surface area contributed by atoms with Gasteiger partial charge >= 0.3 is 5.69 Å². The predicted molar refractivity (Wildman–Crippen MR) is 76.3 cm³/mol. The van der Waals surface area contributed by atoms with E-state index in [1.807, 2.05) is 11.9 Å². The van der Waals surface area contributed by atoms with Crippen LogP contribution in [-0.4, -0.2) is 36.3 Å². The first-order valence-corrected chi connectivity index (χ1v) is 6.78. The largest absolute Gasteiger partial charge is 0.490 e. The number of aliphatic hydroxyl groups is 1. The third kappa shape index (κ3) is 2.85. The predicted octanol–water partition coefficient (Wildman–Crippen LogP) is 2.34. The van der Waals surface area contributed by atoms with E-state index in [2.05, 4.69) is 0 Å². The number of likely N-dealkylation sites (N-methyl/N-ethyl adjacent to an activating group) is 1. The summed E-state index contributed by atoms with van der Waals surface area (Å²) in [6.45, 7) is 0. The number of ether oxygens (including phenoxy) is 1. The Morgan fingerprint density at radius 3 is 2.70 bits per heavy atom. The zero-order chi connectivity index (χ0) is 14.7. The van der Waals surface area contributed by atoms with Gasteiger partial charge in [-0.2, -0.15) is 0 Å². The molecule has 1 aliphatic carbocycles. The van der Waals surface area contributed by atoms with Crippen molar-refractivity contribution >= 4 is 11.4 Å². The monoisotopic (exact) mass is 280 g/mol. The topological polar surface area (TPSA) is 75.8 Å². The smallest absolute Gasteiger partial charge is 0.311 e. The number of methoxy groups -OCH3 is 1. The van der Waals surface area contributed by atoms with E-state index in [1.54, 1.807) is 12.1 Å². The molecular weight excluding hydrogens is 260 g/mol. The fraction of sp³-hybridized carbons (Fsp3) is 0.571. The van der Waals surface area contributed by atoms with Crippen molar-refractivity contribution in [3.05, 3.63) is 28.3 Å². The normalized spacial score (nSPS) is 22.4. The highest BCUT2D eigenvalue weighted by Gasteiger charge is 2.27. The molecule has 2 rings (SSSR count). The van der Waals surface area contributed by atoms with Gasteiger partial charge in [0.15, 0.2) is 5.75 Å². The molecular formula is C14H20N2O4. The van der Waals surface area contributed by atoms with Gasteiger partial charge in [-0.1, -0.05) is 12.8 Å². The van der Waals surface area contributed by atoms with Crippen molar-refractivity contribution in [2.45, 2.75) is 37.8 Å². The number of hydrogen-bond donors (Lipinski definition) is 1. The lowest BCUT2D eigenvalue weighted by Crippen LogP contribution is -2.43. The van der Waals surface area contributed by atoms with E-state index in [4.69, 9.17) is 4.74 Å². The van der Waals surface area contributed by atoms with Crippen LogP contribution in [0.4, 0.5) is 11.4 Å². The molecule has 0 saturated heterocycles. The molecule has 110 valence electrons. The minimum absolute atomic E-state index is 0.0474. The number of rotatable bonds is 4. The van der Waals surface area contributed by atoms with Crippen molar-refractivity contribution < 1.29 is 14.8 Å². The lowest BCUT2D eigenvalue weighted by atomic mass is 9.91. The molecule has 0 bridgehead atoms. The minimum Gasteiger partial charge on any atom is -0.490 e. The quantitative estimate of drug-likeness (QED) is 0.676. The Labute approximate surface area is 118 Å². The van der Waals surface area contributed by atoms with Gasteiger partial charge in [-0.3, -0.25) is 10.1 Å². The van der Waals surface area contributed by atoms with Gasteiger partial charge in [0.2, 0.25) is 0 Å².